The number of carbonyl (C=O) groups is 1. The lowest BCUT2D eigenvalue weighted by Crippen LogP contribution is -2.33. The summed E-state index contributed by atoms with van der Waals surface area (Å²) in [5, 5.41) is 8.48. The molecule has 1 aliphatic rings. The first-order valence-corrected chi connectivity index (χ1v) is 6.21. The predicted octanol–water partition coefficient (Wildman–Crippen LogP) is -1.31. The van der Waals surface area contributed by atoms with E-state index in [1.807, 2.05) is 0 Å². The molecule has 8 nitrogen and oxygen atoms in total. The second-order valence-electron chi connectivity index (χ2n) is 4.39. The maximum Gasteiger partial charge on any atom is 0.342 e. The molecule has 0 saturated carbocycles. The highest BCUT2D eigenvalue weighted by Crippen LogP contribution is 2.10. The molecule has 8 heteroatoms. The summed E-state index contributed by atoms with van der Waals surface area (Å²) in [7, 11) is 0. The van der Waals surface area contributed by atoms with Crippen molar-refractivity contribution in [2.24, 2.45) is 0 Å². The number of rotatable bonds is 5. The fourth-order valence-electron chi connectivity index (χ4n) is 1.89. The molecule has 2 heterocycles. The quantitative estimate of drug-likeness (QED) is 0.612. The van der Waals surface area contributed by atoms with Crippen molar-refractivity contribution in [3.63, 3.8) is 0 Å². The molecule has 2 rings (SSSR count). The summed E-state index contributed by atoms with van der Waals surface area (Å²) in [6.45, 7) is 1.24. The molecule has 0 spiro atoms. The number of hydrogen-bond donors (Lipinski definition) is 3. The number of nitrogens with one attached hydrogen (secondary N) is 3. The summed E-state index contributed by atoms with van der Waals surface area (Å²) in [6.07, 6.45) is 2.41. The largest absolute Gasteiger partial charge is 0.376 e. The topological polar surface area (TPSA) is 117 Å². The maximum atomic E-state index is 11.6. The van der Waals surface area contributed by atoms with E-state index < -0.39 is 11.2 Å². The lowest BCUT2D eigenvalue weighted by atomic mass is 10.2. The molecule has 1 aromatic heterocycles. The molecule has 0 radical (unpaired) electrons. The van der Waals surface area contributed by atoms with Crippen LogP contribution in [-0.4, -0.2) is 40.3 Å². The van der Waals surface area contributed by atoms with Crippen molar-refractivity contribution < 1.29 is 9.53 Å². The molecule has 0 aliphatic carbocycles. The van der Waals surface area contributed by atoms with Crippen molar-refractivity contribution in [1.29, 1.82) is 0 Å². The first-order chi connectivity index (χ1) is 9.15. The van der Waals surface area contributed by atoms with Crippen molar-refractivity contribution in [2.75, 3.05) is 13.2 Å². The fourth-order valence-corrected chi connectivity index (χ4v) is 1.89. The summed E-state index contributed by atoms with van der Waals surface area (Å²) >= 11 is 0. The van der Waals surface area contributed by atoms with E-state index in [1.165, 1.54) is 0 Å². The Bertz CT molecular complexity index is 544. The van der Waals surface area contributed by atoms with Crippen LogP contribution in [-0.2, 0) is 16.0 Å². The first kappa shape index (κ1) is 13.5. The zero-order chi connectivity index (χ0) is 13.7. The molecule has 3 N–H and O–H groups in total. The van der Waals surface area contributed by atoms with Gasteiger partial charge in [0.2, 0.25) is 5.91 Å². The summed E-state index contributed by atoms with van der Waals surface area (Å²) in [6, 6.07) is 0. The van der Waals surface area contributed by atoms with Gasteiger partial charge in [0, 0.05) is 26.0 Å². The van der Waals surface area contributed by atoms with Gasteiger partial charge in [0.1, 0.15) is 5.69 Å². The van der Waals surface area contributed by atoms with Gasteiger partial charge < -0.3 is 10.1 Å². The Morgan fingerprint density at radius 1 is 1.47 bits per heavy atom. The molecule has 0 bridgehead atoms. The van der Waals surface area contributed by atoms with Gasteiger partial charge in [0.05, 0.1) is 6.10 Å². The minimum Gasteiger partial charge on any atom is -0.376 e. The van der Waals surface area contributed by atoms with Crippen LogP contribution in [0.5, 0.6) is 0 Å². The number of carbonyl (C=O) groups excluding carboxylic acids is 1. The number of hydrogen-bond acceptors (Lipinski definition) is 5. The van der Waals surface area contributed by atoms with E-state index in [2.05, 4.69) is 20.5 Å². The zero-order valence-electron chi connectivity index (χ0n) is 10.4. The molecular formula is C11H16N4O4. The van der Waals surface area contributed by atoms with E-state index in [0.717, 1.165) is 19.4 Å². The predicted molar refractivity (Wildman–Crippen MR) is 65.8 cm³/mol. The van der Waals surface area contributed by atoms with Crippen molar-refractivity contribution >= 4 is 5.91 Å². The van der Waals surface area contributed by atoms with Gasteiger partial charge in [-0.3, -0.25) is 14.6 Å². The molecule has 1 aliphatic heterocycles. The summed E-state index contributed by atoms with van der Waals surface area (Å²) in [4.78, 5) is 35.7. The van der Waals surface area contributed by atoms with Crippen LogP contribution in [0.25, 0.3) is 0 Å². The van der Waals surface area contributed by atoms with Crippen molar-refractivity contribution in [3.8, 4) is 0 Å². The highest BCUT2D eigenvalue weighted by molar-refractivity contribution is 5.76. The number of H-pyrrole nitrogens is 2. The smallest absolute Gasteiger partial charge is 0.342 e. The molecule has 1 amide bonds. The molecule has 104 valence electrons. The van der Waals surface area contributed by atoms with Gasteiger partial charge in [-0.25, -0.2) is 9.89 Å². The van der Waals surface area contributed by atoms with Crippen molar-refractivity contribution in [2.45, 2.75) is 31.8 Å². The average molecular weight is 268 g/mol. The van der Waals surface area contributed by atoms with Gasteiger partial charge in [0.25, 0.3) is 5.56 Å². The number of aryl methyl sites for hydroxylation is 1. The maximum absolute atomic E-state index is 11.6. The van der Waals surface area contributed by atoms with Gasteiger partial charge in [-0.05, 0) is 12.8 Å². The third-order valence-electron chi connectivity index (χ3n) is 2.92. The van der Waals surface area contributed by atoms with E-state index in [9.17, 15) is 14.4 Å². The molecule has 1 aromatic rings. The normalized spacial score (nSPS) is 18.4. The fraction of sp³-hybridized carbons (Fsp3) is 0.636. The second-order valence-corrected chi connectivity index (χ2v) is 4.39. The van der Waals surface area contributed by atoms with Crippen LogP contribution in [0.4, 0.5) is 0 Å². The van der Waals surface area contributed by atoms with Crippen LogP contribution in [0, 0.1) is 0 Å². The molecule has 1 unspecified atom stereocenters. The van der Waals surface area contributed by atoms with Gasteiger partial charge in [-0.1, -0.05) is 0 Å². The highest BCUT2D eigenvalue weighted by atomic mass is 16.5. The minimum absolute atomic E-state index is 0.0959. The lowest BCUT2D eigenvalue weighted by molar-refractivity contribution is -0.121. The number of aromatic nitrogens is 3. The van der Waals surface area contributed by atoms with Crippen molar-refractivity contribution in [3.05, 3.63) is 26.5 Å². The van der Waals surface area contributed by atoms with Gasteiger partial charge in [0.15, 0.2) is 0 Å². The Morgan fingerprint density at radius 2 is 2.32 bits per heavy atom. The van der Waals surface area contributed by atoms with E-state index >= 15 is 0 Å². The highest BCUT2D eigenvalue weighted by Gasteiger charge is 2.16. The van der Waals surface area contributed by atoms with Crippen LogP contribution in [0.15, 0.2) is 9.59 Å². The molecule has 0 aromatic carbocycles. The minimum atomic E-state index is -0.656. The zero-order valence-corrected chi connectivity index (χ0v) is 10.4. The third kappa shape index (κ3) is 4.02. The monoisotopic (exact) mass is 268 g/mol. The second kappa shape index (κ2) is 6.28. The first-order valence-electron chi connectivity index (χ1n) is 6.21. The standard InChI is InChI=1S/C11H16N4O4/c16-9(12-6-7-2-1-5-19-7)4-3-8-10(17)13-11(18)15-14-8/h7H,1-6H2,(H,12,16)(H2,13,15,17,18). The Morgan fingerprint density at radius 3 is 3.00 bits per heavy atom. The van der Waals surface area contributed by atoms with E-state index in [-0.39, 0.29) is 30.5 Å². The van der Waals surface area contributed by atoms with Crippen LogP contribution in [0.1, 0.15) is 25.0 Å². The molecule has 19 heavy (non-hydrogen) atoms. The molecule has 1 saturated heterocycles. The third-order valence-corrected chi connectivity index (χ3v) is 2.92. The van der Waals surface area contributed by atoms with Crippen LogP contribution >= 0.6 is 0 Å². The SMILES string of the molecule is O=C(CCc1n[nH]c(=O)[nH]c1=O)NCC1CCCO1. The number of ether oxygens (including phenoxy) is 1. The van der Waals surface area contributed by atoms with E-state index in [1.54, 1.807) is 0 Å². The summed E-state index contributed by atoms with van der Waals surface area (Å²) in [5.41, 5.74) is -1.07. The number of aromatic amines is 2. The Hall–Kier alpha value is -1.96. The molecule has 1 fully saturated rings. The summed E-state index contributed by atoms with van der Waals surface area (Å²) in [5.74, 6) is -0.164. The van der Waals surface area contributed by atoms with E-state index in [0.29, 0.717) is 6.54 Å². The summed E-state index contributed by atoms with van der Waals surface area (Å²) < 4.78 is 5.38. The molecular weight excluding hydrogens is 252 g/mol. The molecule has 1 atom stereocenters. The van der Waals surface area contributed by atoms with Crippen molar-refractivity contribution in [1.82, 2.24) is 20.5 Å². The number of nitrogens with zero attached hydrogens (tertiary/aromatic N) is 1. The van der Waals surface area contributed by atoms with Crippen LogP contribution < -0.4 is 16.6 Å². The Balaban J connectivity index is 1.76. The average Bonchev–Trinajstić information content (AvgIpc) is 2.88. The van der Waals surface area contributed by atoms with Gasteiger partial charge in [-0.15, -0.1) is 0 Å². The van der Waals surface area contributed by atoms with Crippen LogP contribution in [0.2, 0.25) is 0 Å². The van der Waals surface area contributed by atoms with Crippen LogP contribution in [0.3, 0.4) is 0 Å². The Labute approximate surface area is 108 Å². The lowest BCUT2D eigenvalue weighted by Gasteiger charge is -2.10. The van der Waals surface area contributed by atoms with Gasteiger partial charge in [-0.2, -0.15) is 5.10 Å². The Kier molecular flexibility index (Phi) is 4.45. The van der Waals surface area contributed by atoms with Gasteiger partial charge >= 0.3 is 5.69 Å². The van der Waals surface area contributed by atoms with E-state index in [4.69, 9.17) is 4.74 Å². The number of amides is 1.